The molecule has 0 spiro atoms. The van der Waals surface area contributed by atoms with Crippen LogP contribution < -0.4 is 5.32 Å². The second-order valence-corrected chi connectivity index (χ2v) is 5.76. The second-order valence-electron chi connectivity index (χ2n) is 5.33. The van der Waals surface area contributed by atoms with E-state index >= 15 is 0 Å². The fraction of sp³-hybridized carbons (Fsp3) is 0.312. The molecule has 2 N–H and O–H groups in total. The molecule has 7 heteroatoms. The first-order chi connectivity index (χ1) is 10.9. The van der Waals surface area contributed by atoms with Crippen molar-refractivity contribution < 1.29 is 14.7 Å². The van der Waals surface area contributed by atoms with Crippen LogP contribution in [0.2, 0.25) is 5.02 Å². The summed E-state index contributed by atoms with van der Waals surface area (Å²) < 4.78 is 1.51. The molecule has 0 fully saturated rings. The SMILES string of the molecule is CC[C@H](C)[C@H](NC(=O)c1cnn(-c2cccc(Cl)c2)c1)C(=O)O. The molecule has 23 heavy (non-hydrogen) atoms. The Balaban J connectivity index is 2.16. The molecular formula is C16H18ClN3O3. The predicted molar refractivity (Wildman–Crippen MR) is 86.9 cm³/mol. The Bertz CT molecular complexity index is 714. The quantitative estimate of drug-likeness (QED) is 0.850. The van der Waals surface area contributed by atoms with E-state index in [0.29, 0.717) is 22.7 Å². The molecule has 0 saturated carbocycles. The van der Waals surface area contributed by atoms with E-state index in [-0.39, 0.29) is 5.92 Å². The summed E-state index contributed by atoms with van der Waals surface area (Å²) in [7, 11) is 0. The number of carbonyl (C=O) groups excluding carboxylic acids is 1. The zero-order chi connectivity index (χ0) is 17.0. The molecule has 0 radical (unpaired) electrons. The second kappa shape index (κ2) is 7.28. The van der Waals surface area contributed by atoms with Crippen LogP contribution in [0, 0.1) is 5.92 Å². The van der Waals surface area contributed by atoms with Gasteiger partial charge >= 0.3 is 5.97 Å². The van der Waals surface area contributed by atoms with Crippen molar-refractivity contribution in [3.8, 4) is 5.69 Å². The number of hydrogen-bond donors (Lipinski definition) is 2. The van der Waals surface area contributed by atoms with E-state index < -0.39 is 17.9 Å². The maximum atomic E-state index is 12.2. The number of halogens is 1. The van der Waals surface area contributed by atoms with Crippen molar-refractivity contribution in [1.29, 1.82) is 0 Å². The standard InChI is InChI=1S/C16H18ClN3O3/c1-3-10(2)14(16(22)23)19-15(21)11-8-18-20(9-11)13-6-4-5-12(17)7-13/h4-10,14H,3H2,1-2H3,(H,19,21)(H,22,23)/t10-,14-/m0/s1. The minimum absolute atomic E-state index is 0.167. The summed E-state index contributed by atoms with van der Waals surface area (Å²) in [6.45, 7) is 3.67. The van der Waals surface area contributed by atoms with Gasteiger partial charge in [-0.2, -0.15) is 5.10 Å². The number of nitrogens with zero attached hydrogens (tertiary/aromatic N) is 2. The van der Waals surface area contributed by atoms with E-state index in [1.807, 2.05) is 6.92 Å². The van der Waals surface area contributed by atoms with Crippen LogP contribution in [0.25, 0.3) is 5.69 Å². The van der Waals surface area contributed by atoms with E-state index in [1.165, 1.54) is 17.1 Å². The summed E-state index contributed by atoms with van der Waals surface area (Å²) in [5.41, 5.74) is 1.01. The Labute approximate surface area is 139 Å². The van der Waals surface area contributed by atoms with E-state index in [9.17, 15) is 14.7 Å². The molecule has 0 unspecified atom stereocenters. The third-order valence-electron chi connectivity index (χ3n) is 3.68. The fourth-order valence-corrected chi connectivity index (χ4v) is 2.29. The van der Waals surface area contributed by atoms with Gasteiger partial charge in [-0.25, -0.2) is 9.48 Å². The summed E-state index contributed by atoms with van der Waals surface area (Å²) in [6, 6.07) is 6.12. The molecule has 1 aromatic carbocycles. The summed E-state index contributed by atoms with van der Waals surface area (Å²) in [5.74, 6) is -1.68. The van der Waals surface area contributed by atoms with Crippen LogP contribution in [-0.4, -0.2) is 32.8 Å². The molecule has 0 aliphatic carbocycles. The topological polar surface area (TPSA) is 84.2 Å². The lowest BCUT2D eigenvalue weighted by Gasteiger charge is -2.19. The Morgan fingerprint density at radius 3 is 2.78 bits per heavy atom. The van der Waals surface area contributed by atoms with Gasteiger partial charge in [-0.15, -0.1) is 0 Å². The van der Waals surface area contributed by atoms with Gasteiger partial charge in [-0.1, -0.05) is 37.9 Å². The molecular weight excluding hydrogens is 318 g/mol. The van der Waals surface area contributed by atoms with E-state index in [2.05, 4.69) is 10.4 Å². The lowest BCUT2D eigenvalue weighted by Crippen LogP contribution is -2.44. The third kappa shape index (κ3) is 4.10. The molecule has 0 saturated heterocycles. The monoisotopic (exact) mass is 335 g/mol. The van der Waals surface area contributed by atoms with Gasteiger partial charge in [0.05, 0.1) is 17.4 Å². The van der Waals surface area contributed by atoms with Gasteiger partial charge in [0.25, 0.3) is 5.91 Å². The largest absolute Gasteiger partial charge is 0.480 e. The molecule has 1 amide bonds. The minimum Gasteiger partial charge on any atom is -0.480 e. The van der Waals surface area contributed by atoms with Crippen molar-refractivity contribution in [2.45, 2.75) is 26.3 Å². The number of carbonyl (C=O) groups is 2. The highest BCUT2D eigenvalue weighted by atomic mass is 35.5. The van der Waals surface area contributed by atoms with Gasteiger partial charge in [-0.05, 0) is 24.1 Å². The van der Waals surface area contributed by atoms with Crippen LogP contribution in [0.15, 0.2) is 36.7 Å². The number of benzene rings is 1. The molecule has 2 atom stereocenters. The van der Waals surface area contributed by atoms with Gasteiger partial charge in [0.1, 0.15) is 6.04 Å². The van der Waals surface area contributed by atoms with Gasteiger partial charge in [-0.3, -0.25) is 4.79 Å². The predicted octanol–water partition coefficient (Wildman–Crippen LogP) is 2.75. The highest BCUT2D eigenvalue weighted by Gasteiger charge is 2.26. The first-order valence-corrected chi connectivity index (χ1v) is 7.64. The van der Waals surface area contributed by atoms with Crippen LogP contribution in [-0.2, 0) is 4.79 Å². The molecule has 2 rings (SSSR count). The highest BCUT2D eigenvalue weighted by Crippen LogP contribution is 2.15. The van der Waals surface area contributed by atoms with Crippen LogP contribution in [0.3, 0.4) is 0 Å². The van der Waals surface area contributed by atoms with E-state index in [0.717, 1.165) is 0 Å². The maximum absolute atomic E-state index is 12.2. The van der Waals surface area contributed by atoms with Crippen LogP contribution in [0.5, 0.6) is 0 Å². The first-order valence-electron chi connectivity index (χ1n) is 7.26. The normalized spacial score (nSPS) is 13.3. The smallest absolute Gasteiger partial charge is 0.326 e. The molecule has 1 heterocycles. The minimum atomic E-state index is -1.05. The molecule has 6 nitrogen and oxygen atoms in total. The van der Waals surface area contributed by atoms with Crippen LogP contribution in [0.1, 0.15) is 30.6 Å². The van der Waals surface area contributed by atoms with E-state index in [4.69, 9.17) is 11.6 Å². The molecule has 0 bridgehead atoms. The van der Waals surface area contributed by atoms with Crippen molar-refractivity contribution >= 4 is 23.5 Å². The fourth-order valence-electron chi connectivity index (χ4n) is 2.11. The average Bonchev–Trinajstić information content (AvgIpc) is 3.01. The maximum Gasteiger partial charge on any atom is 0.326 e. The molecule has 0 aliphatic heterocycles. The molecule has 0 aliphatic rings. The van der Waals surface area contributed by atoms with Crippen molar-refractivity contribution in [2.24, 2.45) is 5.92 Å². The average molecular weight is 336 g/mol. The zero-order valence-electron chi connectivity index (χ0n) is 12.9. The summed E-state index contributed by atoms with van der Waals surface area (Å²) in [6.07, 6.45) is 3.58. The Hall–Kier alpha value is -2.34. The molecule has 1 aromatic heterocycles. The Kier molecular flexibility index (Phi) is 5.39. The van der Waals surface area contributed by atoms with E-state index in [1.54, 1.807) is 31.2 Å². The number of carboxylic acids is 1. The zero-order valence-corrected chi connectivity index (χ0v) is 13.6. The van der Waals surface area contributed by atoms with Gasteiger partial charge < -0.3 is 10.4 Å². The van der Waals surface area contributed by atoms with Crippen LogP contribution in [0.4, 0.5) is 0 Å². The first kappa shape index (κ1) is 17.0. The number of aromatic nitrogens is 2. The van der Waals surface area contributed by atoms with Gasteiger partial charge in [0.2, 0.25) is 0 Å². The number of aliphatic carboxylic acids is 1. The van der Waals surface area contributed by atoms with Gasteiger partial charge in [0, 0.05) is 11.2 Å². The number of rotatable bonds is 6. The Morgan fingerprint density at radius 2 is 2.17 bits per heavy atom. The Morgan fingerprint density at radius 1 is 1.43 bits per heavy atom. The summed E-state index contributed by atoms with van der Waals surface area (Å²) >= 11 is 5.93. The van der Waals surface area contributed by atoms with Crippen LogP contribution >= 0.6 is 11.6 Å². The lowest BCUT2D eigenvalue weighted by atomic mass is 9.99. The number of amides is 1. The summed E-state index contributed by atoms with van der Waals surface area (Å²) in [5, 5.41) is 16.5. The van der Waals surface area contributed by atoms with Crippen molar-refractivity contribution in [3.63, 3.8) is 0 Å². The van der Waals surface area contributed by atoms with Crippen molar-refractivity contribution in [2.75, 3.05) is 0 Å². The lowest BCUT2D eigenvalue weighted by molar-refractivity contribution is -0.140. The highest BCUT2D eigenvalue weighted by molar-refractivity contribution is 6.30. The third-order valence-corrected chi connectivity index (χ3v) is 3.92. The number of carboxylic acid groups (broad SMARTS) is 1. The molecule has 2 aromatic rings. The number of hydrogen-bond acceptors (Lipinski definition) is 3. The van der Waals surface area contributed by atoms with Crippen molar-refractivity contribution in [3.05, 3.63) is 47.2 Å². The van der Waals surface area contributed by atoms with Crippen molar-refractivity contribution in [1.82, 2.24) is 15.1 Å². The number of nitrogens with one attached hydrogen (secondary N) is 1. The summed E-state index contributed by atoms with van der Waals surface area (Å²) in [4.78, 5) is 23.5. The molecule has 122 valence electrons. The van der Waals surface area contributed by atoms with Gasteiger partial charge in [0.15, 0.2) is 0 Å².